The molecule has 102 valence electrons. The molecule has 0 aliphatic heterocycles. The average molecular weight is 258 g/mol. The molecule has 0 amide bonds. The third-order valence-corrected chi connectivity index (χ3v) is 3.24. The van der Waals surface area contributed by atoms with Gasteiger partial charge in [-0.1, -0.05) is 43.7 Å². The minimum Gasteiger partial charge on any atom is -0.444 e. The van der Waals surface area contributed by atoms with Crippen molar-refractivity contribution >= 4 is 0 Å². The number of aromatic nitrogens is 1. The van der Waals surface area contributed by atoms with Gasteiger partial charge in [0.1, 0.15) is 5.76 Å². The first-order valence-electron chi connectivity index (χ1n) is 6.94. The second kappa shape index (κ2) is 6.53. The highest BCUT2D eigenvalue weighted by Gasteiger charge is 2.17. The van der Waals surface area contributed by atoms with Crippen LogP contribution in [-0.2, 0) is 0 Å². The summed E-state index contributed by atoms with van der Waals surface area (Å²) in [7, 11) is 0. The van der Waals surface area contributed by atoms with Gasteiger partial charge in [0.2, 0.25) is 5.89 Å². The highest BCUT2D eigenvalue weighted by atomic mass is 16.4. The molecule has 2 aromatic rings. The molecule has 1 aromatic carbocycles. The van der Waals surface area contributed by atoms with Crippen molar-refractivity contribution in [3.8, 4) is 0 Å². The van der Waals surface area contributed by atoms with Crippen molar-refractivity contribution in [2.45, 2.75) is 45.7 Å². The molecule has 1 N–H and O–H groups in total. The third kappa shape index (κ3) is 3.67. The summed E-state index contributed by atoms with van der Waals surface area (Å²) in [6.45, 7) is 6.22. The van der Waals surface area contributed by atoms with Gasteiger partial charge in [0, 0.05) is 6.04 Å². The van der Waals surface area contributed by atoms with E-state index in [1.807, 2.05) is 13.0 Å². The second-order valence-corrected chi connectivity index (χ2v) is 4.95. The summed E-state index contributed by atoms with van der Waals surface area (Å²) in [5.41, 5.74) is 1.32. The Labute approximate surface area is 115 Å². The van der Waals surface area contributed by atoms with E-state index in [4.69, 9.17) is 4.42 Å². The van der Waals surface area contributed by atoms with Crippen LogP contribution in [0.1, 0.15) is 56.0 Å². The molecule has 2 atom stereocenters. The Hall–Kier alpha value is -1.61. The zero-order chi connectivity index (χ0) is 13.7. The molecular formula is C16H22N2O. The summed E-state index contributed by atoms with van der Waals surface area (Å²) in [4.78, 5) is 4.29. The maximum Gasteiger partial charge on any atom is 0.211 e. The lowest BCUT2D eigenvalue weighted by Crippen LogP contribution is -2.24. The second-order valence-electron chi connectivity index (χ2n) is 4.95. The molecule has 2 rings (SSSR count). The normalized spacial score (nSPS) is 14.3. The Kier molecular flexibility index (Phi) is 4.74. The number of hydrogen-bond acceptors (Lipinski definition) is 3. The first-order chi connectivity index (χ1) is 9.20. The number of nitrogens with one attached hydrogen (secondary N) is 1. The van der Waals surface area contributed by atoms with Gasteiger partial charge >= 0.3 is 0 Å². The molecule has 3 nitrogen and oxygen atoms in total. The van der Waals surface area contributed by atoms with E-state index >= 15 is 0 Å². The quantitative estimate of drug-likeness (QED) is 0.844. The fourth-order valence-electron chi connectivity index (χ4n) is 2.27. The van der Waals surface area contributed by atoms with Crippen LogP contribution in [0, 0.1) is 6.92 Å². The zero-order valence-electron chi connectivity index (χ0n) is 11.9. The molecule has 0 saturated carbocycles. The van der Waals surface area contributed by atoms with Gasteiger partial charge in [-0.25, -0.2) is 4.98 Å². The number of aryl methyl sites for hydroxylation is 1. The lowest BCUT2D eigenvalue weighted by Gasteiger charge is -2.21. The van der Waals surface area contributed by atoms with Crippen molar-refractivity contribution in [3.05, 3.63) is 53.7 Å². The number of oxazole rings is 1. The van der Waals surface area contributed by atoms with Crippen LogP contribution in [0.4, 0.5) is 0 Å². The molecule has 19 heavy (non-hydrogen) atoms. The summed E-state index contributed by atoms with van der Waals surface area (Å²) in [5, 5.41) is 3.61. The van der Waals surface area contributed by atoms with E-state index in [2.05, 4.69) is 48.4 Å². The summed E-state index contributed by atoms with van der Waals surface area (Å²) < 4.78 is 5.59. The van der Waals surface area contributed by atoms with Gasteiger partial charge < -0.3 is 4.42 Å². The van der Waals surface area contributed by atoms with Gasteiger partial charge in [-0.3, -0.25) is 5.32 Å². The van der Waals surface area contributed by atoms with Crippen LogP contribution in [0.2, 0.25) is 0 Å². The fraction of sp³-hybridized carbons (Fsp3) is 0.438. The molecule has 0 aliphatic rings. The van der Waals surface area contributed by atoms with Crippen LogP contribution in [0.15, 0.2) is 40.9 Å². The van der Waals surface area contributed by atoms with Crippen LogP contribution < -0.4 is 5.32 Å². The van der Waals surface area contributed by atoms with E-state index in [9.17, 15) is 0 Å². The molecule has 0 bridgehead atoms. The Balaban J connectivity index is 2.08. The minimum atomic E-state index is 0.116. The van der Waals surface area contributed by atoms with E-state index < -0.39 is 0 Å². The molecule has 2 unspecified atom stereocenters. The maximum atomic E-state index is 5.59. The van der Waals surface area contributed by atoms with Crippen molar-refractivity contribution < 1.29 is 4.42 Å². The average Bonchev–Trinajstić information content (AvgIpc) is 2.86. The van der Waals surface area contributed by atoms with Crippen LogP contribution in [0.3, 0.4) is 0 Å². The Morgan fingerprint density at radius 1 is 1.26 bits per heavy atom. The number of rotatable bonds is 6. The smallest absolute Gasteiger partial charge is 0.211 e. The minimum absolute atomic E-state index is 0.116. The van der Waals surface area contributed by atoms with Crippen LogP contribution >= 0.6 is 0 Å². The van der Waals surface area contributed by atoms with Crippen molar-refractivity contribution in [3.63, 3.8) is 0 Å². The molecular weight excluding hydrogens is 236 g/mol. The zero-order valence-corrected chi connectivity index (χ0v) is 11.9. The monoisotopic (exact) mass is 258 g/mol. The van der Waals surface area contributed by atoms with E-state index in [1.165, 1.54) is 5.56 Å². The van der Waals surface area contributed by atoms with E-state index in [0.717, 1.165) is 24.5 Å². The molecule has 3 heteroatoms. The van der Waals surface area contributed by atoms with Gasteiger partial charge in [-0.05, 0) is 25.8 Å². The summed E-state index contributed by atoms with van der Waals surface area (Å²) >= 11 is 0. The topological polar surface area (TPSA) is 38.1 Å². The first kappa shape index (κ1) is 13.8. The van der Waals surface area contributed by atoms with Crippen molar-refractivity contribution in [2.24, 2.45) is 0 Å². The third-order valence-electron chi connectivity index (χ3n) is 3.24. The SMILES string of the molecule is CCCC(NC(C)c1ncc(C)o1)c1ccccc1. The predicted octanol–water partition coefficient (Wildman–Crippen LogP) is 4.18. The number of nitrogens with zero attached hydrogens (tertiary/aromatic N) is 1. The van der Waals surface area contributed by atoms with E-state index in [0.29, 0.717) is 6.04 Å². The van der Waals surface area contributed by atoms with Gasteiger partial charge in [0.05, 0.1) is 12.2 Å². The molecule has 1 heterocycles. The van der Waals surface area contributed by atoms with Gasteiger partial charge in [-0.15, -0.1) is 0 Å². The molecule has 0 spiro atoms. The molecule has 0 fully saturated rings. The summed E-state index contributed by atoms with van der Waals surface area (Å²) in [6, 6.07) is 11.0. The molecule has 0 saturated heterocycles. The van der Waals surface area contributed by atoms with Gasteiger partial charge in [-0.2, -0.15) is 0 Å². The highest BCUT2D eigenvalue weighted by Crippen LogP contribution is 2.23. The lowest BCUT2D eigenvalue weighted by molar-refractivity contribution is 0.362. The van der Waals surface area contributed by atoms with Gasteiger partial charge in [0.15, 0.2) is 0 Å². The van der Waals surface area contributed by atoms with Crippen molar-refractivity contribution in [1.82, 2.24) is 10.3 Å². The maximum absolute atomic E-state index is 5.59. The fourth-order valence-corrected chi connectivity index (χ4v) is 2.27. The molecule has 0 aliphatic carbocycles. The summed E-state index contributed by atoms with van der Waals surface area (Å²) in [5.74, 6) is 1.62. The van der Waals surface area contributed by atoms with Gasteiger partial charge in [0.25, 0.3) is 0 Å². The Morgan fingerprint density at radius 3 is 2.58 bits per heavy atom. The van der Waals surface area contributed by atoms with Crippen molar-refractivity contribution in [2.75, 3.05) is 0 Å². The van der Waals surface area contributed by atoms with Crippen LogP contribution in [0.5, 0.6) is 0 Å². The van der Waals surface area contributed by atoms with Crippen LogP contribution in [0.25, 0.3) is 0 Å². The van der Waals surface area contributed by atoms with E-state index in [1.54, 1.807) is 6.20 Å². The molecule has 1 aromatic heterocycles. The largest absolute Gasteiger partial charge is 0.444 e. The number of hydrogen-bond donors (Lipinski definition) is 1. The van der Waals surface area contributed by atoms with Crippen LogP contribution in [-0.4, -0.2) is 4.98 Å². The highest BCUT2D eigenvalue weighted by molar-refractivity contribution is 5.19. The lowest BCUT2D eigenvalue weighted by atomic mass is 10.0. The Bertz CT molecular complexity index is 492. The first-order valence-corrected chi connectivity index (χ1v) is 6.94. The van der Waals surface area contributed by atoms with E-state index in [-0.39, 0.29) is 6.04 Å². The number of benzene rings is 1. The standard InChI is InChI=1S/C16H22N2O/c1-4-8-15(14-9-6-5-7-10-14)18-13(3)16-17-11-12(2)19-16/h5-7,9-11,13,15,18H,4,8H2,1-3H3. The van der Waals surface area contributed by atoms with Crippen molar-refractivity contribution in [1.29, 1.82) is 0 Å². The summed E-state index contributed by atoms with van der Waals surface area (Å²) in [6.07, 6.45) is 4.02. The Morgan fingerprint density at radius 2 is 2.00 bits per heavy atom. The molecule has 0 radical (unpaired) electrons. The predicted molar refractivity (Wildman–Crippen MR) is 76.9 cm³/mol.